The molecule has 0 fully saturated rings. The molecule has 1 unspecified atom stereocenters. The Kier molecular flexibility index (Phi) is 3.91. The van der Waals surface area contributed by atoms with Crippen molar-refractivity contribution in [2.45, 2.75) is 25.7 Å². The maximum absolute atomic E-state index is 8.61. The average Bonchev–Trinajstić information content (AvgIpc) is 2.14. The van der Waals surface area contributed by atoms with Gasteiger partial charge in [0.25, 0.3) is 0 Å². The molecule has 0 spiro atoms. The van der Waals surface area contributed by atoms with E-state index in [1.165, 1.54) is 0 Å². The van der Waals surface area contributed by atoms with Crippen molar-refractivity contribution >= 4 is 15.9 Å². The number of rotatable bonds is 3. The lowest BCUT2D eigenvalue weighted by Gasteiger charge is -2.09. The highest BCUT2D eigenvalue weighted by Crippen LogP contribution is 2.21. The van der Waals surface area contributed by atoms with Crippen LogP contribution in [0.5, 0.6) is 0 Å². The van der Waals surface area contributed by atoms with Crippen molar-refractivity contribution < 1.29 is 0 Å². The zero-order valence-electron chi connectivity index (χ0n) is 7.50. The van der Waals surface area contributed by atoms with Gasteiger partial charge in [0.2, 0.25) is 0 Å². The fourth-order valence-electron chi connectivity index (χ4n) is 1.22. The van der Waals surface area contributed by atoms with Crippen LogP contribution in [0.1, 0.15) is 31.4 Å². The molecule has 2 nitrogen and oxygen atoms in total. The summed E-state index contributed by atoms with van der Waals surface area (Å²) in [5.74, 6) is 0.266. The fourth-order valence-corrected chi connectivity index (χ4v) is 1.58. The molecule has 1 heterocycles. The van der Waals surface area contributed by atoms with Crippen LogP contribution in [0.15, 0.2) is 22.8 Å². The third-order valence-electron chi connectivity index (χ3n) is 1.99. The molecule has 1 aromatic heterocycles. The number of hydrogen-bond donors (Lipinski definition) is 0. The van der Waals surface area contributed by atoms with Crippen molar-refractivity contribution in [3.8, 4) is 6.07 Å². The van der Waals surface area contributed by atoms with E-state index >= 15 is 0 Å². The molecule has 1 atom stereocenters. The van der Waals surface area contributed by atoms with E-state index in [0.29, 0.717) is 6.42 Å². The van der Waals surface area contributed by atoms with Gasteiger partial charge in [-0.05, 0) is 34.5 Å². The number of aromatic nitrogens is 1. The lowest BCUT2D eigenvalue weighted by atomic mass is 9.99. The van der Waals surface area contributed by atoms with Gasteiger partial charge < -0.3 is 0 Å². The van der Waals surface area contributed by atoms with E-state index in [9.17, 15) is 0 Å². The zero-order chi connectivity index (χ0) is 9.68. The summed E-state index contributed by atoms with van der Waals surface area (Å²) in [5, 5.41) is 8.61. The third kappa shape index (κ3) is 2.82. The second-order valence-electron chi connectivity index (χ2n) is 2.85. The van der Waals surface area contributed by atoms with Gasteiger partial charge >= 0.3 is 0 Å². The van der Waals surface area contributed by atoms with Crippen molar-refractivity contribution in [2.75, 3.05) is 0 Å². The molecule has 0 bridgehead atoms. The molecule has 68 valence electrons. The van der Waals surface area contributed by atoms with E-state index in [4.69, 9.17) is 5.26 Å². The standard InChI is InChI=1S/C10H11BrN2/c1-2-8(6-7-12)9-4-3-5-10(11)13-9/h3-5,8H,2,6H2,1H3. The van der Waals surface area contributed by atoms with Crippen molar-refractivity contribution in [1.82, 2.24) is 4.98 Å². The molecule has 1 rings (SSSR count). The quantitative estimate of drug-likeness (QED) is 0.759. The number of halogens is 1. The summed E-state index contributed by atoms with van der Waals surface area (Å²) in [6.45, 7) is 2.07. The molecule has 0 aliphatic heterocycles. The summed E-state index contributed by atoms with van der Waals surface area (Å²) < 4.78 is 0.835. The maximum Gasteiger partial charge on any atom is 0.106 e. The van der Waals surface area contributed by atoms with Crippen LogP contribution in [0.25, 0.3) is 0 Å². The Hall–Kier alpha value is -0.880. The third-order valence-corrected chi connectivity index (χ3v) is 2.43. The number of nitriles is 1. The van der Waals surface area contributed by atoms with Crippen LogP contribution in [0.4, 0.5) is 0 Å². The van der Waals surface area contributed by atoms with Gasteiger partial charge in [-0.25, -0.2) is 4.98 Å². The van der Waals surface area contributed by atoms with Crippen LogP contribution in [0.3, 0.4) is 0 Å². The molecular weight excluding hydrogens is 228 g/mol. The summed E-state index contributed by atoms with van der Waals surface area (Å²) in [6.07, 6.45) is 1.50. The van der Waals surface area contributed by atoms with Crippen LogP contribution in [-0.2, 0) is 0 Å². The van der Waals surface area contributed by atoms with Crippen molar-refractivity contribution in [3.63, 3.8) is 0 Å². The lowest BCUT2D eigenvalue weighted by molar-refractivity contribution is 0.657. The molecule has 0 aromatic carbocycles. The highest BCUT2D eigenvalue weighted by molar-refractivity contribution is 9.10. The number of nitrogens with zero attached hydrogens (tertiary/aromatic N) is 2. The summed E-state index contributed by atoms with van der Waals surface area (Å²) in [6, 6.07) is 7.99. The smallest absolute Gasteiger partial charge is 0.106 e. The van der Waals surface area contributed by atoms with Crippen molar-refractivity contribution in [1.29, 1.82) is 5.26 Å². The number of hydrogen-bond acceptors (Lipinski definition) is 2. The van der Waals surface area contributed by atoms with Gasteiger partial charge in [0.05, 0.1) is 6.07 Å². The number of pyridine rings is 1. The van der Waals surface area contributed by atoms with E-state index in [0.717, 1.165) is 16.7 Å². The predicted octanol–water partition coefficient (Wildman–Crippen LogP) is 3.25. The van der Waals surface area contributed by atoms with Gasteiger partial charge in [-0.3, -0.25) is 0 Å². The highest BCUT2D eigenvalue weighted by Gasteiger charge is 2.09. The second kappa shape index (κ2) is 4.98. The van der Waals surface area contributed by atoms with Gasteiger partial charge in [-0.2, -0.15) is 5.26 Å². The molecule has 0 radical (unpaired) electrons. The normalized spacial score (nSPS) is 12.1. The molecule has 0 aliphatic carbocycles. The van der Waals surface area contributed by atoms with Gasteiger partial charge in [0.1, 0.15) is 4.60 Å². The molecule has 13 heavy (non-hydrogen) atoms. The first-order valence-electron chi connectivity index (χ1n) is 4.27. The van der Waals surface area contributed by atoms with Crippen LogP contribution in [-0.4, -0.2) is 4.98 Å². The van der Waals surface area contributed by atoms with E-state index in [2.05, 4.69) is 33.9 Å². The Morgan fingerprint density at radius 2 is 2.38 bits per heavy atom. The van der Waals surface area contributed by atoms with Crippen molar-refractivity contribution in [2.24, 2.45) is 0 Å². The molecule has 3 heteroatoms. The molecule has 0 aliphatic rings. The Labute approximate surface area is 86.7 Å². The van der Waals surface area contributed by atoms with E-state index in [1.807, 2.05) is 18.2 Å². The second-order valence-corrected chi connectivity index (χ2v) is 3.67. The topological polar surface area (TPSA) is 36.7 Å². The SMILES string of the molecule is CCC(CC#N)c1cccc(Br)n1. The first-order chi connectivity index (χ1) is 6.27. The Balaban J connectivity index is 2.86. The minimum Gasteiger partial charge on any atom is -0.246 e. The van der Waals surface area contributed by atoms with Crippen LogP contribution in [0, 0.1) is 11.3 Å². The van der Waals surface area contributed by atoms with Crippen LogP contribution >= 0.6 is 15.9 Å². The Morgan fingerprint density at radius 1 is 1.62 bits per heavy atom. The lowest BCUT2D eigenvalue weighted by Crippen LogP contribution is -1.99. The van der Waals surface area contributed by atoms with Gasteiger partial charge in [-0.15, -0.1) is 0 Å². The molecule has 0 amide bonds. The van der Waals surface area contributed by atoms with Crippen molar-refractivity contribution in [3.05, 3.63) is 28.5 Å². The molecule has 0 saturated carbocycles. The van der Waals surface area contributed by atoms with Gasteiger partial charge in [0.15, 0.2) is 0 Å². The van der Waals surface area contributed by atoms with Crippen LogP contribution in [0.2, 0.25) is 0 Å². The van der Waals surface area contributed by atoms with Crippen LogP contribution < -0.4 is 0 Å². The Bertz CT molecular complexity index is 317. The summed E-state index contributed by atoms with van der Waals surface area (Å²) in [7, 11) is 0. The van der Waals surface area contributed by atoms with E-state index in [-0.39, 0.29) is 5.92 Å². The predicted molar refractivity (Wildman–Crippen MR) is 55.2 cm³/mol. The summed E-state index contributed by atoms with van der Waals surface area (Å²) in [4.78, 5) is 4.33. The zero-order valence-corrected chi connectivity index (χ0v) is 9.08. The summed E-state index contributed by atoms with van der Waals surface area (Å²) >= 11 is 3.32. The van der Waals surface area contributed by atoms with Gasteiger partial charge in [-0.1, -0.05) is 13.0 Å². The van der Waals surface area contributed by atoms with Gasteiger partial charge in [0, 0.05) is 18.0 Å². The first kappa shape index (κ1) is 10.2. The average molecular weight is 239 g/mol. The maximum atomic E-state index is 8.61. The van der Waals surface area contributed by atoms with E-state index < -0.39 is 0 Å². The van der Waals surface area contributed by atoms with E-state index in [1.54, 1.807) is 0 Å². The molecular formula is C10H11BrN2. The highest BCUT2D eigenvalue weighted by atomic mass is 79.9. The molecule has 0 saturated heterocycles. The Morgan fingerprint density at radius 3 is 2.92 bits per heavy atom. The first-order valence-corrected chi connectivity index (χ1v) is 5.06. The minimum atomic E-state index is 0.266. The fraction of sp³-hybridized carbons (Fsp3) is 0.400. The summed E-state index contributed by atoms with van der Waals surface area (Å²) in [5.41, 5.74) is 0.999. The monoisotopic (exact) mass is 238 g/mol. The minimum absolute atomic E-state index is 0.266. The largest absolute Gasteiger partial charge is 0.246 e. The molecule has 0 N–H and O–H groups in total. The molecule has 1 aromatic rings.